The minimum Gasteiger partial charge on any atom is -0.376 e. The Balaban J connectivity index is 1.50. The Morgan fingerprint density at radius 2 is 2.14 bits per heavy atom. The van der Waals surface area contributed by atoms with E-state index in [1.54, 1.807) is 11.8 Å². The van der Waals surface area contributed by atoms with E-state index in [2.05, 4.69) is 34.3 Å². The average Bonchev–Trinajstić information content (AvgIpc) is 3.18. The van der Waals surface area contributed by atoms with Crippen molar-refractivity contribution >= 4 is 11.8 Å². The number of nitrogens with zero attached hydrogens (tertiary/aromatic N) is 5. The van der Waals surface area contributed by atoms with Gasteiger partial charge in [-0.2, -0.15) is 0 Å². The number of hydrogen-bond acceptors (Lipinski definition) is 7. The molecule has 2 aliphatic rings. The lowest BCUT2D eigenvalue weighted by molar-refractivity contribution is -0.0265. The van der Waals surface area contributed by atoms with Gasteiger partial charge in [-0.15, -0.1) is 5.10 Å². The summed E-state index contributed by atoms with van der Waals surface area (Å²) in [6.07, 6.45) is 2.73. The van der Waals surface area contributed by atoms with Crippen LogP contribution >= 0.6 is 11.8 Å². The van der Waals surface area contributed by atoms with Crippen LogP contribution in [0.25, 0.3) is 0 Å². The van der Waals surface area contributed by atoms with E-state index in [0.29, 0.717) is 6.04 Å². The molecule has 2 saturated heterocycles. The Bertz CT molecular complexity index is 464. The number of morpholine rings is 1. The van der Waals surface area contributed by atoms with Gasteiger partial charge in [0, 0.05) is 31.5 Å². The van der Waals surface area contributed by atoms with Crippen LogP contribution in [-0.4, -0.2) is 75.4 Å². The molecule has 0 unspecified atom stereocenters. The van der Waals surface area contributed by atoms with E-state index in [1.807, 2.05) is 4.68 Å². The maximum absolute atomic E-state index is 5.86. The van der Waals surface area contributed by atoms with Gasteiger partial charge in [-0.3, -0.25) is 4.90 Å². The third-order valence-corrected chi connectivity index (χ3v) is 5.29. The van der Waals surface area contributed by atoms with Crippen LogP contribution in [0.1, 0.15) is 26.7 Å². The van der Waals surface area contributed by atoms with Crippen LogP contribution in [-0.2, 0) is 16.0 Å². The Morgan fingerprint density at radius 1 is 1.27 bits per heavy atom. The third kappa shape index (κ3) is 4.18. The molecule has 1 aromatic heterocycles. The van der Waals surface area contributed by atoms with Crippen LogP contribution in [0.15, 0.2) is 5.16 Å². The van der Waals surface area contributed by atoms with E-state index in [4.69, 9.17) is 9.47 Å². The van der Waals surface area contributed by atoms with Crippen molar-refractivity contribution in [2.24, 2.45) is 0 Å². The fraction of sp³-hybridized carbons (Fsp3) is 0.929. The predicted molar refractivity (Wildman–Crippen MR) is 84.0 cm³/mol. The van der Waals surface area contributed by atoms with Crippen LogP contribution in [0.4, 0.5) is 0 Å². The van der Waals surface area contributed by atoms with Gasteiger partial charge in [-0.25, -0.2) is 4.68 Å². The zero-order valence-corrected chi connectivity index (χ0v) is 14.2. The summed E-state index contributed by atoms with van der Waals surface area (Å²) >= 11 is 1.68. The van der Waals surface area contributed by atoms with Gasteiger partial charge in [0.05, 0.1) is 25.4 Å². The summed E-state index contributed by atoms with van der Waals surface area (Å²) in [6, 6.07) is 0.571. The zero-order chi connectivity index (χ0) is 15.4. The van der Waals surface area contributed by atoms with Gasteiger partial charge in [0.15, 0.2) is 0 Å². The minimum absolute atomic E-state index is 0.244. The van der Waals surface area contributed by atoms with Crippen molar-refractivity contribution in [2.45, 2.75) is 56.6 Å². The lowest BCUT2D eigenvalue weighted by atomic mass is 10.2. The first kappa shape index (κ1) is 16.2. The first-order chi connectivity index (χ1) is 10.7. The molecule has 0 spiro atoms. The summed E-state index contributed by atoms with van der Waals surface area (Å²) in [4.78, 5) is 2.46. The van der Waals surface area contributed by atoms with E-state index < -0.39 is 0 Å². The van der Waals surface area contributed by atoms with E-state index >= 15 is 0 Å². The lowest BCUT2D eigenvalue weighted by Gasteiger charge is -2.35. The predicted octanol–water partition coefficient (Wildman–Crippen LogP) is 1.05. The topological polar surface area (TPSA) is 65.3 Å². The highest BCUT2D eigenvalue weighted by atomic mass is 32.2. The van der Waals surface area contributed by atoms with E-state index in [9.17, 15) is 0 Å². The molecular formula is C14H25N5O2S. The second-order valence-electron chi connectivity index (χ2n) is 6.17. The molecule has 7 nitrogen and oxygen atoms in total. The Morgan fingerprint density at radius 3 is 2.91 bits per heavy atom. The molecule has 0 saturated carbocycles. The smallest absolute Gasteiger partial charge is 0.209 e. The summed E-state index contributed by atoms with van der Waals surface area (Å²) in [7, 11) is 0. The van der Waals surface area contributed by atoms with Gasteiger partial charge in [0.2, 0.25) is 5.16 Å². The van der Waals surface area contributed by atoms with Crippen LogP contribution in [0.2, 0.25) is 0 Å². The van der Waals surface area contributed by atoms with Gasteiger partial charge in [0.1, 0.15) is 0 Å². The minimum atomic E-state index is 0.244. The molecule has 2 aliphatic heterocycles. The second kappa shape index (κ2) is 7.72. The summed E-state index contributed by atoms with van der Waals surface area (Å²) < 4.78 is 13.4. The van der Waals surface area contributed by atoms with Crippen molar-refractivity contribution in [1.29, 1.82) is 0 Å². The molecule has 0 radical (unpaired) electrons. The quantitative estimate of drug-likeness (QED) is 0.724. The summed E-state index contributed by atoms with van der Waals surface area (Å²) in [5.74, 6) is 0.884. The van der Waals surface area contributed by atoms with Crippen LogP contribution in [0.3, 0.4) is 0 Å². The van der Waals surface area contributed by atoms with Crippen molar-refractivity contribution in [2.75, 3.05) is 32.1 Å². The monoisotopic (exact) mass is 327 g/mol. The maximum atomic E-state index is 5.86. The number of aromatic nitrogens is 4. The number of thioether (sulfide) groups is 1. The van der Waals surface area contributed by atoms with Gasteiger partial charge >= 0.3 is 0 Å². The fourth-order valence-electron chi connectivity index (χ4n) is 2.88. The standard InChI is InChI=1S/C14H25N5O2S/c1-11(2)18-5-7-21-13(8-18)10-22-14-15-16-17-19(14)9-12-4-3-6-20-12/h11-13H,3-10H2,1-2H3/t12-,13-/m1/s1. The Kier molecular flexibility index (Phi) is 5.67. The number of ether oxygens (including phenoxy) is 2. The fourth-order valence-corrected chi connectivity index (χ4v) is 3.77. The zero-order valence-electron chi connectivity index (χ0n) is 13.3. The summed E-state index contributed by atoms with van der Waals surface area (Å²) in [5.41, 5.74) is 0. The molecule has 0 aromatic carbocycles. The largest absolute Gasteiger partial charge is 0.376 e. The molecule has 0 aliphatic carbocycles. The molecule has 0 bridgehead atoms. The molecule has 8 heteroatoms. The van der Waals surface area contributed by atoms with Crippen molar-refractivity contribution in [3.8, 4) is 0 Å². The van der Waals surface area contributed by atoms with E-state index in [1.165, 1.54) is 0 Å². The summed E-state index contributed by atoms with van der Waals surface area (Å²) in [6.45, 7) is 8.89. The van der Waals surface area contributed by atoms with Crippen molar-refractivity contribution in [3.63, 3.8) is 0 Å². The van der Waals surface area contributed by atoms with Gasteiger partial charge in [0.25, 0.3) is 0 Å². The van der Waals surface area contributed by atoms with E-state index in [-0.39, 0.29) is 12.2 Å². The molecule has 2 fully saturated rings. The highest BCUT2D eigenvalue weighted by Crippen LogP contribution is 2.21. The molecule has 124 valence electrons. The Labute approximate surface area is 135 Å². The molecule has 2 atom stereocenters. The average molecular weight is 327 g/mol. The van der Waals surface area contributed by atoms with Crippen molar-refractivity contribution < 1.29 is 9.47 Å². The maximum Gasteiger partial charge on any atom is 0.209 e. The molecule has 0 N–H and O–H groups in total. The number of hydrogen-bond donors (Lipinski definition) is 0. The van der Waals surface area contributed by atoms with Crippen molar-refractivity contribution in [3.05, 3.63) is 0 Å². The van der Waals surface area contributed by atoms with Crippen LogP contribution in [0.5, 0.6) is 0 Å². The first-order valence-electron chi connectivity index (χ1n) is 8.08. The first-order valence-corrected chi connectivity index (χ1v) is 9.07. The van der Waals surface area contributed by atoms with Gasteiger partial charge in [-0.1, -0.05) is 11.8 Å². The van der Waals surface area contributed by atoms with Gasteiger partial charge < -0.3 is 9.47 Å². The molecular weight excluding hydrogens is 302 g/mol. The molecule has 3 rings (SSSR count). The van der Waals surface area contributed by atoms with Crippen LogP contribution in [0, 0.1) is 0 Å². The lowest BCUT2D eigenvalue weighted by Crippen LogP contribution is -2.46. The van der Waals surface area contributed by atoms with Crippen LogP contribution < -0.4 is 0 Å². The molecule has 22 heavy (non-hydrogen) atoms. The number of tetrazole rings is 1. The SMILES string of the molecule is CC(C)N1CCO[C@@H](CSc2nnnn2C[C@H]2CCCO2)C1. The Hall–Kier alpha value is -0.700. The number of rotatable bonds is 6. The third-order valence-electron chi connectivity index (χ3n) is 4.20. The molecule has 1 aromatic rings. The van der Waals surface area contributed by atoms with Gasteiger partial charge in [-0.05, 0) is 37.1 Å². The van der Waals surface area contributed by atoms with E-state index in [0.717, 1.165) is 56.6 Å². The highest BCUT2D eigenvalue weighted by molar-refractivity contribution is 7.99. The summed E-state index contributed by atoms with van der Waals surface area (Å²) in [5, 5.41) is 12.9. The molecule has 0 amide bonds. The second-order valence-corrected chi connectivity index (χ2v) is 7.16. The highest BCUT2D eigenvalue weighted by Gasteiger charge is 2.24. The normalized spacial score (nSPS) is 26.9. The van der Waals surface area contributed by atoms with Crippen molar-refractivity contribution in [1.82, 2.24) is 25.1 Å². The molecule has 3 heterocycles.